The fourth-order valence-corrected chi connectivity index (χ4v) is 4.58. The molecular weight excluding hydrogens is 373 g/mol. The largest absolute Gasteiger partial charge is 0.205 e. The van der Waals surface area contributed by atoms with E-state index in [-0.39, 0.29) is 0 Å². The highest BCUT2D eigenvalue weighted by Crippen LogP contribution is 2.16. The Balaban J connectivity index is 0.000000287. The molecule has 2 heteroatoms. The third-order valence-electron chi connectivity index (χ3n) is 6.24. The molecule has 0 saturated heterocycles. The van der Waals surface area contributed by atoms with Gasteiger partial charge in [0.2, 0.25) is 0 Å². The zero-order valence-corrected chi connectivity index (χ0v) is 18.9. The fraction of sp³-hybridized carbons (Fsp3) is 0.207. The molecule has 0 aliphatic carbocycles. The maximum atomic E-state index is 2.30. The summed E-state index contributed by atoms with van der Waals surface area (Å²) in [5.74, 6) is 0. The molecular formula is C29H34BN. The second-order valence-corrected chi connectivity index (χ2v) is 8.13. The van der Waals surface area contributed by atoms with Crippen LogP contribution in [0.1, 0.15) is 26.7 Å². The van der Waals surface area contributed by atoms with Crippen molar-refractivity contribution in [3.63, 3.8) is 0 Å². The van der Waals surface area contributed by atoms with Gasteiger partial charge in [-0.05, 0) is 6.92 Å². The van der Waals surface area contributed by atoms with Crippen molar-refractivity contribution in [3.05, 3.63) is 122 Å². The van der Waals surface area contributed by atoms with E-state index in [9.17, 15) is 0 Å². The summed E-state index contributed by atoms with van der Waals surface area (Å²) in [6.07, 6.45) is 6.84. The number of aromatic nitrogens is 1. The number of pyridine rings is 1. The molecule has 0 fully saturated rings. The van der Waals surface area contributed by atoms with E-state index in [4.69, 9.17) is 0 Å². The highest BCUT2D eigenvalue weighted by atomic mass is 14.9. The number of nitrogens with zero attached hydrogens (tertiary/aromatic N) is 1. The molecule has 0 radical (unpaired) electrons. The van der Waals surface area contributed by atoms with E-state index in [0.717, 1.165) is 6.54 Å². The quantitative estimate of drug-likeness (QED) is 0.302. The molecule has 4 rings (SSSR count). The van der Waals surface area contributed by atoms with Gasteiger partial charge in [0, 0.05) is 12.1 Å². The zero-order valence-electron chi connectivity index (χ0n) is 18.9. The Morgan fingerprint density at radius 1 is 0.548 bits per heavy atom. The lowest BCUT2D eigenvalue weighted by Crippen LogP contribution is -2.66. The molecule has 0 aliphatic heterocycles. The van der Waals surface area contributed by atoms with Crippen molar-refractivity contribution in [2.45, 2.75) is 39.6 Å². The summed E-state index contributed by atoms with van der Waals surface area (Å²) in [7, 11) is 0. The molecule has 0 saturated carbocycles. The standard InChI is InChI=1S/C22H24B.C7H10N/c1-2-3-19-23(20-13-7-4-8-14-20,21-15-9-5-10-16-21)22-17-11-6-12-18-22;1-2-8-6-4-3-5-7-8/h4-18H,2-3,19H2,1H3;3-7H,2H2,1H3/q-1;+1. The molecule has 0 bridgehead atoms. The highest BCUT2D eigenvalue weighted by Gasteiger charge is 2.28. The molecule has 31 heavy (non-hydrogen) atoms. The molecule has 0 unspecified atom stereocenters. The van der Waals surface area contributed by atoms with Gasteiger partial charge in [-0.25, -0.2) is 4.57 Å². The monoisotopic (exact) mass is 407 g/mol. The first-order chi connectivity index (χ1) is 15.3. The minimum atomic E-state index is -0.913. The average Bonchev–Trinajstić information content (AvgIpc) is 2.87. The number of aryl methyl sites for hydroxylation is 1. The van der Waals surface area contributed by atoms with Gasteiger partial charge in [0.15, 0.2) is 12.4 Å². The summed E-state index contributed by atoms with van der Waals surface area (Å²) >= 11 is 0. The summed E-state index contributed by atoms with van der Waals surface area (Å²) in [5.41, 5.74) is 4.33. The summed E-state index contributed by atoms with van der Waals surface area (Å²) < 4.78 is 2.12. The first kappa shape index (κ1) is 22.6. The van der Waals surface area contributed by atoms with Gasteiger partial charge in [-0.15, -0.1) is 0 Å². The smallest absolute Gasteiger partial charge is 0.168 e. The Morgan fingerprint density at radius 3 is 1.26 bits per heavy atom. The predicted molar refractivity (Wildman–Crippen MR) is 136 cm³/mol. The number of hydrogen-bond acceptors (Lipinski definition) is 0. The predicted octanol–water partition coefficient (Wildman–Crippen LogP) is 4.95. The number of unbranched alkanes of at least 4 members (excludes halogenated alkanes) is 1. The number of benzene rings is 3. The van der Waals surface area contributed by atoms with E-state index >= 15 is 0 Å². The molecule has 1 heterocycles. The first-order valence-corrected chi connectivity index (χ1v) is 11.6. The van der Waals surface area contributed by atoms with Crippen molar-refractivity contribution >= 4 is 22.5 Å². The van der Waals surface area contributed by atoms with Crippen LogP contribution in [0.2, 0.25) is 6.32 Å². The van der Waals surface area contributed by atoms with Gasteiger partial charge in [-0.3, -0.25) is 0 Å². The molecule has 3 aromatic carbocycles. The van der Waals surface area contributed by atoms with Crippen LogP contribution in [0.5, 0.6) is 0 Å². The van der Waals surface area contributed by atoms with Crippen molar-refractivity contribution in [1.82, 2.24) is 0 Å². The van der Waals surface area contributed by atoms with Crippen LogP contribution in [0.4, 0.5) is 0 Å². The highest BCUT2D eigenvalue weighted by molar-refractivity contribution is 7.11. The Kier molecular flexibility index (Phi) is 8.66. The van der Waals surface area contributed by atoms with E-state index in [0.29, 0.717) is 0 Å². The second kappa shape index (κ2) is 11.9. The molecule has 0 amide bonds. The number of rotatable bonds is 7. The van der Waals surface area contributed by atoms with Gasteiger partial charge in [-0.2, -0.15) is 22.7 Å². The van der Waals surface area contributed by atoms with E-state index in [1.165, 1.54) is 35.6 Å². The van der Waals surface area contributed by atoms with Crippen molar-refractivity contribution in [1.29, 1.82) is 0 Å². The maximum Gasteiger partial charge on any atom is 0.168 e. The second-order valence-electron chi connectivity index (χ2n) is 8.13. The van der Waals surface area contributed by atoms with Crippen LogP contribution >= 0.6 is 0 Å². The van der Waals surface area contributed by atoms with E-state index < -0.39 is 6.15 Å². The average molecular weight is 407 g/mol. The molecule has 0 atom stereocenters. The molecule has 0 N–H and O–H groups in total. The molecule has 1 aromatic heterocycles. The molecule has 1 nitrogen and oxygen atoms in total. The lowest BCUT2D eigenvalue weighted by molar-refractivity contribution is -0.693. The van der Waals surface area contributed by atoms with Crippen LogP contribution < -0.4 is 21.0 Å². The van der Waals surface area contributed by atoms with Crippen LogP contribution in [0.15, 0.2) is 122 Å². The van der Waals surface area contributed by atoms with Gasteiger partial charge in [-0.1, -0.05) is 117 Å². The van der Waals surface area contributed by atoms with Gasteiger partial charge < -0.3 is 0 Å². The lowest BCUT2D eigenvalue weighted by Gasteiger charge is -2.43. The van der Waals surface area contributed by atoms with Crippen molar-refractivity contribution < 1.29 is 4.57 Å². The number of hydrogen-bond donors (Lipinski definition) is 0. The molecule has 158 valence electrons. The van der Waals surface area contributed by atoms with E-state index in [2.05, 4.69) is 122 Å². The van der Waals surface area contributed by atoms with Crippen molar-refractivity contribution in [3.8, 4) is 0 Å². The lowest BCUT2D eigenvalue weighted by atomic mass is 9.14. The topological polar surface area (TPSA) is 3.88 Å². The van der Waals surface area contributed by atoms with Crippen LogP contribution in [0, 0.1) is 0 Å². The van der Waals surface area contributed by atoms with E-state index in [1.54, 1.807) is 0 Å². The van der Waals surface area contributed by atoms with Crippen LogP contribution in [-0.4, -0.2) is 6.15 Å². The Morgan fingerprint density at radius 2 is 0.935 bits per heavy atom. The zero-order chi connectivity index (χ0) is 21.8. The SMILES string of the molecule is CCCC[B-](c1ccccc1)(c1ccccc1)c1ccccc1.CC[n+]1ccccc1. The Labute approximate surface area is 188 Å². The normalized spacial score (nSPS) is 10.8. The van der Waals surface area contributed by atoms with Gasteiger partial charge in [0.25, 0.3) is 0 Å². The summed E-state index contributed by atoms with van der Waals surface area (Å²) in [4.78, 5) is 0. The van der Waals surface area contributed by atoms with E-state index in [1.807, 2.05) is 18.2 Å². The minimum absolute atomic E-state index is 0.913. The van der Waals surface area contributed by atoms with Gasteiger partial charge in [0.1, 0.15) is 6.54 Å². The molecule has 4 aromatic rings. The van der Waals surface area contributed by atoms with Gasteiger partial charge in [0.05, 0.1) is 6.15 Å². The van der Waals surface area contributed by atoms with Crippen LogP contribution in [-0.2, 0) is 6.54 Å². The van der Waals surface area contributed by atoms with Gasteiger partial charge >= 0.3 is 0 Å². The summed E-state index contributed by atoms with van der Waals surface area (Å²) in [5, 5.41) is 0. The van der Waals surface area contributed by atoms with Crippen molar-refractivity contribution in [2.24, 2.45) is 0 Å². The Hall–Kier alpha value is -3.13. The molecule has 0 aliphatic rings. The molecule has 0 spiro atoms. The maximum absolute atomic E-state index is 2.30. The third-order valence-corrected chi connectivity index (χ3v) is 6.24. The van der Waals surface area contributed by atoms with Crippen LogP contribution in [0.25, 0.3) is 0 Å². The first-order valence-electron chi connectivity index (χ1n) is 11.6. The summed E-state index contributed by atoms with van der Waals surface area (Å²) in [6.45, 7) is 5.46. The van der Waals surface area contributed by atoms with Crippen LogP contribution in [0.3, 0.4) is 0 Å². The minimum Gasteiger partial charge on any atom is -0.205 e. The van der Waals surface area contributed by atoms with Crippen molar-refractivity contribution in [2.75, 3.05) is 0 Å². The third kappa shape index (κ3) is 5.73. The fourth-order valence-electron chi connectivity index (χ4n) is 4.58. The Bertz CT molecular complexity index is 889. The summed E-state index contributed by atoms with van der Waals surface area (Å²) in [6, 6.07) is 39.2.